The van der Waals surface area contributed by atoms with E-state index in [-0.39, 0.29) is 24.5 Å². The number of nitrogens with zero attached hydrogens (tertiary/aromatic N) is 2. The van der Waals surface area contributed by atoms with E-state index in [1.54, 1.807) is 45.8 Å². The third-order valence-corrected chi connectivity index (χ3v) is 5.43. The van der Waals surface area contributed by atoms with Gasteiger partial charge < -0.3 is 25.0 Å². The molecule has 0 aliphatic rings. The lowest BCUT2D eigenvalue weighted by molar-refractivity contribution is -0.127. The predicted octanol–water partition coefficient (Wildman–Crippen LogP) is 3.52. The van der Waals surface area contributed by atoms with Gasteiger partial charge in [0, 0.05) is 14.1 Å². The normalized spacial score (nSPS) is 12.4. The van der Waals surface area contributed by atoms with Gasteiger partial charge >= 0.3 is 6.09 Å². The molecule has 0 fully saturated rings. The molecule has 202 valence electrons. The highest BCUT2D eigenvalue weighted by molar-refractivity contribution is 6.33. The van der Waals surface area contributed by atoms with Gasteiger partial charge in [-0.2, -0.15) is 0 Å². The minimum Gasteiger partial charge on any atom is -0.444 e. The summed E-state index contributed by atoms with van der Waals surface area (Å²) in [7, 11) is 3.50. The number of hydrogen-bond donors (Lipinski definition) is 4. The highest BCUT2D eigenvalue weighted by atomic mass is 35.5. The molecule has 0 saturated heterocycles. The quantitative estimate of drug-likeness (QED) is 0.290. The number of carbonyl (C=O) groups is 2. The Morgan fingerprint density at radius 3 is 2.27 bits per heavy atom. The molecule has 0 saturated carbocycles. The van der Waals surface area contributed by atoms with Gasteiger partial charge in [-0.1, -0.05) is 41.9 Å². The monoisotopic (exact) mass is 532 g/mol. The number of pyridine rings is 1. The third kappa shape index (κ3) is 8.61. The zero-order valence-corrected chi connectivity index (χ0v) is 23.2. The Labute approximate surface area is 222 Å². The first-order valence-corrected chi connectivity index (χ1v) is 12.2. The van der Waals surface area contributed by atoms with Gasteiger partial charge in [-0.3, -0.25) is 20.2 Å². The van der Waals surface area contributed by atoms with Crippen LogP contribution >= 0.6 is 11.6 Å². The summed E-state index contributed by atoms with van der Waals surface area (Å²) in [6.07, 6.45) is -0.743. The number of alkyl carbamates (subject to hydrolysis) is 1. The largest absolute Gasteiger partial charge is 0.444 e. The fourth-order valence-corrected chi connectivity index (χ4v) is 3.66. The number of anilines is 1. The molecule has 1 atom stereocenters. The van der Waals surface area contributed by atoms with Crippen molar-refractivity contribution in [3.63, 3.8) is 0 Å². The van der Waals surface area contributed by atoms with Gasteiger partial charge in [-0.05, 0) is 52.3 Å². The van der Waals surface area contributed by atoms with E-state index < -0.39 is 29.2 Å². The van der Waals surface area contributed by atoms with Crippen molar-refractivity contribution < 1.29 is 19.1 Å². The van der Waals surface area contributed by atoms with E-state index in [1.807, 2.05) is 30.3 Å². The van der Waals surface area contributed by atoms with Crippen molar-refractivity contribution in [1.29, 1.82) is 10.8 Å². The number of benzene rings is 1. The van der Waals surface area contributed by atoms with Crippen molar-refractivity contribution in [1.82, 2.24) is 15.2 Å². The number of nitrogens with one attached hydrogen (secondary N) is 4. The van der Waals surface area contributed by atoms with Gasteiger partial charge in [0.2, 0.25) is 5.91 Å². The van der Waals surface area contributed by atoms with Crippen LogP contribution in [0.1, 0.15) is 40.2 Å². The average Bonchev–Trinajstić information content (AvgIpc) is 2.77. The molecule has 2 amide bonds. The number of hydrogen-bond acceptors (Lipinski definition) is 7. The molecular weight excluding hydrogens is 496 g/mol. The van der Waals surface area contributed by atoms with E-state index >= 15 is 0 Å². The summed E-state index contributed by atoms with van der Waals surface area (Å²) in [5.74, 6) is -0.268. The number of aromatic nitrogens is 1. The maximum absolute atomic E-state index is 13.3. The van der Waals surface area contributed by atoms with Gasteiger partial charge in [0.25, 0.3) is 0 Å². The molecule has 0 spiro atoms. The number of carbonyl (C=O) groups excluding carboxylic acids is 2. The highest BCUT2D eigenvalue weighted by Crippen LogP contribution is 2.22. The summed E-state index contributed by atoms with van der Waals surface area (Å²) in [4.78, 5) is 27.3. The second-order valence-electron chi connectivity index (χ2n) is 10.3. The molecule has 2 rings (SSSR count). The first-order valence-electron chi connectivity index (χ1n) is 11.8. The summed E-state index contributed by atoms with van der Waals surface area (Å²) in [5, 5.41) is 23.1. The number of amides is 2. The van der Waals surface area contributed by atoms with E-state index in [0.717, 1.165) is 5.56 Å². The zero-order chi connectivity index (χ0) is 28.0. The lowest BCUT2D eigenvalue weighted by Crippen LogP contribution is -2.60. The summed E-state index contributed by atoms with van der Waals surface area (Å²) in [6, 6.07) is 11.6. The van der Waals surface area contributed by atoms with Crippen LogP contribution in [0.2, 0.25) is 5.02 Å². The Morgan fingerprint density at radius 1 is 1.08 bits per heavy atom. The van der Waals surface area contributed by atoms with Crippen molar-refractivity contribution in [2.75, 3.05) is 25.6 Å². The summed E-state index contributed by atoms with van der Waals surface area (Å²) >= 11 is 6.40. The zero-order valence-electron chi connectivity index (χ0n) is 22.4. The second kappa shape index (κ2) is 12.2. The molecule has 1 aromatic carbocycles. The molecule has 1 heterocycles. The van der Waals surface area contributed by atoms with E-state index in [4.69, 9.17) is 31.9 Å². The van der Waals surface area contributed by atoms with Crippen molar-refractivity contribution in [2.24, 2.45) is 0 Å². The van der Waals surface area contributed by atoms with Crippen LogP contribution in [-0.4, -0.2) is 60.3 Å². The van der Waals surface area contributed by atoms with Gasteiger partial charge in [0.05, 0.1) is 18.2 Å². The van der Waals surface area contributed by atoms with Gasteiger partial charge in [0.1, 0.15) is 34.3 Å². The Balaban J connectivity index is 2.33. The number of ether oxygens (including phenoxy) is 2. The minimum atomic E-state index is -1.37. The lowest BCUT2D eigenvalue weighted by Gasteiger charge is -2.31. The van der Waals surface area contributed by atoms with Crippen molar-refractivity contribution >= 4 is 35.3 Å². The summed E-state index contributed by atoms with van der Waals surface area (Å²) < 4.78 is 12.5. The molecule has 4 N–H and O–H groups in total. The molecule has 2 aromatic rings. The van der Waals surface area contributed by atoms with Crippen LogP contribution in [-0.2, 0) is 20.9 Å². The van der Waals surface area contributed by atoms with Gasteiger partial charge in [-0.15, -0.1) is 0 Å². The minimum absolute atomic E-state index is 0.00606. The van der Waals surface area contributed by atoms with Crippen LogP contribution in [0, 0.1) is 10.8 Å². The Morgan fingerprint density at radius 2 is 1.70 bits per heavy atom. The molecule has 10 nitrogen and oxygen atoms in total. The van der Waals surface area contributed by atoms with Crippen LogP contribution in [0.25, 0.3) is 0 Å². The molecule has 11 heteroatoms. The van der Waals surface area contributed by atoms with Crippen LogP contribution in [0.3, 0.4) is 0 Å². The molecule has 1 aromatic heterocycles. The van der Waals surface area contributed by atoms with Gasteiger partial charge in [0.15, 0.2) is 0 Å². The van der Waals surface area contributed by atoms with Gasteiger partial charge in [-0.25, -0.2) is 4.79 Å². The van der Waals surface area contributed by atoms with Crippen LogP contribution in [0.5, 0.6) is 0 Å². The Kier molecular flexibility index (Phi) is 9.88. The molecule has 0 aliphatic carbocycles. The Bertz CT molecular complexity index is 1170. The molecule has 0 aliphatic heterocycles. The van der Waals surface area contributed by atoms with Crippen molar-refractivity contribution in [2.45, 2.75) is 58.4 Å². The fraction of sp³-hybridized carbons (Fsp3) is 0.462. The Hall–Kier alpha value is -3.37. The molecule has 0 radical (unpaired) electrons. The lowest BCUT2D eigenvalue weighted by atomic mass is 10.0. The predicted molar refractivity (Wildman–Crippen MR) is 144 cm³/mol. The standard InChI is InChI=1S/C26H37ClN6O4/c1-25(2,3)37-24(35)31-26(4,5)23(34)30-19(16-36-15-17-11-9-8-10-12-17)21(29)33-20(28)14-13-18(27)22(33)32(6)7/h8-14,19,28-29H,15-16H2,1-7H3,(H,30,34)(H,31,35)/t19-/m1/s1. The maximum atomic E-state index is 13.3. The average molecular weight is 533 g/mol. The molecular formula is C26H37ClN6O4. The number of rotatable bonds is 9. The van der Waals surface area contributed by atoms with E-state index in [9.17, 15) is 9.59 Å². The van der Waals surface area contributed by atoms with E-state index in [2.05, 4.69) is 10.6 Å². The van der Waals surface area contributed by atoms with Crippen LogP contribution < -0.4 is 21.0 Å². The molecule has 37 heavy (non-hydrogen) atoms. The third-order valence-electron chi connectivity index (χ3n) is 5.13. The van der Waals surface area contributed by atoms with Crippen LogP contribution in [0.4, 0.5) is 10.6 Å². The summed E-state index contributed by atoms with van der Waals surface area (Å²) in [6.45, 7) is 8.44. The summed E-state index contributed by atoms with van der Waals surface area (Å²) in [5.41, 5.74) is -1.17. The second-order valence-corrected chi connectivity index (χ2v) is 10.7. The topological polar surface area (TPSA) is 133 Å². The van der Waals surface area contributed by atoms with Crippen molar-refractivity contribution in [3.05, 3.63) is 58.5 Å². The maximum Gasteiger partial charge on any atom is 0.408 e. The van der Waals surface area contributed by atoms with E-state index in [0.29, 0.717) is 10.8 Å². The molecule has 0 bridgehead atoms. The fourth-order valence-electron chi connectivity index (χ4n) is 3.35. The first kappa shape index (κ1) is 29.9. The van der Waals surface area contributed by atoms with Crippen molar-refractivity contribution in [3.8, 4) is 0 Å². The SMILES string of the molecule is CN(C)c1c(Cl)ccc(=N)n1C(=N)[C@@H](COCc1ccccc1)NC(=O)C(C)(C)NC(=O)OC(C)(C)C. The highest BCUT2D eigenvalue weighted by Gasteiger charge is 2.34. The first-order chi connectivity index (χ1) is 17.1. The smallest absolute Gasteiger partial charge is 0.408 e. The van der Waals surface area contributed by atoms with E-state index in [1.165, 1.54) is 24.5 Å². The van der Waals surface area contributed by atoms with Crippen LogP contribution in [0.15, 0.2) is 42.5 Å². The molecule has 0 unspecified atom stereocenters. The number of halogens is 1.